The fourth-order valence-corrected chi connectivity index (χ4v) is 3.13. The van der Waals surface area contributed by atoms with E-state index in [9.17, 15) is 9.59 Å². The highest BCUT2D eigenvalue weighted by molar-refractivity contribution is 6.32. The average Bonchev–Trinajstić information content (AvgIpc) is 2.75. The number of methoxy groups -OCH3 is 2. The molecular formula is C22H21ClO7. The summed E-state index contributed by atoms with van der Waals surface area (Å²) in [5, 5.41) is 0.884. The van der Waals surface area contributed by atoms with Crippen molar-refractivity contribution in [3.8, 4) is 17.2 Å². The molecule has 8 heteroatoms. The van der Waals surface area contributed by atoms with Crippen molar-refractivity contribution in [3.05, 3.63) is 63.0 Å². The standard InChI is InChI=1S/C22H21ClO7/c1-4-7-28-21-17(23)8-13(9-19(21)27-3)22(25)29-12-14-10-20(24)30-18-11-15(26-2)5-6-16(14)18/h5-6,8-11H,4,7,12H2,1-3H3. The van der Waals surface area contributed by atoms with Gasteiger partial charge < -0.3 is 23.4 Å². The molecule has 3 aromatic rings. The first-order valence-electron chi connectivity index (χ1n) is 9.25. The maximum atomic E-state index is 12.6. The number of hydrogen-bond acceptors (Lipinski definition) is 7. The lowest BCUT2D eigenvalue weighted by molar-refractivity contribution is 0.0473. The topological polar surface area (TPSA) is 84.2 Å². The molecule has 0 aliphatic rings. The SMILES string of the molecule is CCCOc1c(Cl)cc(C(=O)OCc2cc(=O)oc3cc(OC)ccc23)cc1OC. The lowest BCUT2D eigenvalue weighted by Crippen LogP contribution is -2.09. The van der Waals surface area contributed by atoms with Crippen LogP contribution in [0, 0.1) is 0 Å². The molecule has 158 valence electrons. The summed E-state index contributed by atoms with van der Waals surface area (Å²) in [6.07, 6.45) is 0.800. The van der Waals surface area contributed by atoms with Crippen molar-refractivity contribution < 1.29 is 28.2 Å². The van der Waals surface area contributed by atoms with Gasteiger partial charge in [-0.2, -0.15) is 0 Å². The molecule has 0 saturated heterocycles. The highest BCUT2D eigenvalue weighted by atomic mass is 35.5. The fourth-order valence-electron chi connectivity index (χ4n) is 2.87. The molecule has 0 saturated carbocycles. The van der Waals surface area contributed by atoms with Crippen molar-refractivity contribution in [2.75, 3.05) is 20.8 Å². The van der Waals surface area contributed by atoms with Gasteiger partial charge in [-0.1, -0.05) is 18.5 Å². The molecule has 1 heterocycles. The molecule has 0 aliphatic heterocycles. The number of ether oxygens (including phenoxy) is 4. The Hall–Kier alpha value is -3.19. The number of fused-ring (bicyclic) bond motifs is 1. The molecule has 1 aromatic heterocycles. The van der Waals surface area contributed by atoms with Gasteiger partial charge in [-0.05, 0) is 30.7 Å². The smallest absolute Gasteiger partial charge is 0.338 e. The third-order valence-corrected chi connectivity index (χ3v) is 4.59. The highest BCUT2D eigenvalue weighted by Gasteiger charge is 2.18. The van der Waals surface area contributed by atoms with Gasteiger partial charge in [0.1, 0.15) is 17.9 Å². The van der Waals surface area contributed by atoms with E-state index < -0.39 is 11.6 Å². The second kappa shape index (κ2) is 9.54. The summed E-state index contributed by atoms with van der Waals surface area (Å²) in [6, 6.07) is 9.31. The third kappa shape index (κ3) is 4.68. The molecule has 0 atom stereocenters. The average molecular weight is 433 g/mol. The van der Waals surface area contributed by atoms with E-state index >= 15 is 0 Å². The minimum absolute atomic E-state index is 0.124. The molecule has 0 amide bonds. The summed E-state index contributed by atoms with van der Waals surface area (Å²) in [5.41, 5.74) is 0.506. The van der Waals surface area contributed by atoms with E-state index in [-0.39, 0.29) is 17.2 Å². The van der Waals surface area contributed by atoms with Crippen LogP contribution in [0.5, 0.6) is 17.2 Å². The van der Waals surface area contributed by atoms with Crippen LogP contribution in [0.3, 0.4) is 0 Å². The number of rotatable bonds is 8. The number of halogens is 1. The van der Waals surface area contributed by atoms with Crippen molar-refractivity contribution in [1.82, 2.24) is 0 Å². The van der Waals surface area contributed by atoms with Crippen LogP contribution in [0.4, 0.5) is 0 Å². The maximum absolute atomic E-state index is 12.6. The number of benzene rings is 2. The van der Waals surface area contributed by atoms with E-state index in [4.69, 9.17) is 35.0 Å². The van der Waals surface area contributed by atoms with Crippen molar-refractivity contribution in [3.63, 3.8) is 0 Å². The Labute approximate surface area is 178 Å². The predicted molar refractivity (Wildman–Crippen MR) is 112 cm³/mol. The normalized spacial score (nSPS) is 10.7. The monoisotopic (exact) mass is 432 g/mol. The Kier molecular flexibility index (Phi) is 6.84. The van der Waals surface area contributed by atoms with Crippen LogP contribution >= 0.6 is 11.6 Å². The number of hydrogen-bond donors (Lipinski definition) is 0. The Morgan fingerprint density at radius 1 is 1.10 bits per heavy atom. The van der Waals surface area contributed by atoms with Gasteiger partial charge in [0, 0.05) is 23.1 Å². The summed E-state index contributed by atoms with van der Waals surface area (Å²) < 4.78 is 26.6. The summed E-state index contributed by atoms with van der Waals surface area (Å²) in [6.45, 7) is 2.31. The molecule has 0 unspecified atom stereocenters. The second-order valence-corrected chi connectivity index (χ2v) is 6.77. The van der Waals surface area contributed by atoms with Crippen molar-refractivity contribution in [1.29, 1.82) is 0 Å². The molecule has 3 rings (SSSR count). The number of carbonyl (C=O) groups excluding carboxylic acids is 1. The summed E-state index contributed by atoms with van der Waals surface area (Å²) >= 11 is 6.26. The van der Waals surface area contributed by atoms with E-state index in [1.54, 1.807) is 18.2 Å². The Bertz CT molecular complexity index is 1120. The van der Waals surface area contributed by atoms with Gasteiger partial charge in [-0.3, -0.25) is 0 Å². The quantitative estimate of drug-likeness (QED) is 0.379. The van der Waals surface area contributed by atoms with E-state index in [0.29, 0.717) is 40.4 Å². The zero-order chi connectivity index (χ0) is 21.7. The zero-order valence-electron chi connectivity index (χ0n) is 16.8. The van der Waals surface area contributed by atoms with Crippen LogP contribution in [0.2, 0.25) is 5.02 Å². The molecule has 7 nitrogen and oxygen atoms in total. The van der Waals surface area contributed by atoms with Gasteiger partial charge in [-0.15, -0.1) is 0 Å². The molecule has 0 bridgehead atoms. The van der Waals surface area contributed by atoms with E-state index in [2.05, 4.69) is 0 Å². The first kappa shape index (κ1) is 21.5. The van der Waals surface area contributed by atoms with E-state index in [1.165, 1.54) is 32.4 Å². The minimum atomic E-state index is -0.618. The van der Waals surface area contributed by atoms with Crippen LogP contribution in [0.15, 0.2) is 45.6 Å². The molecule has 0 aliphatic carbocycles. The number of esters is 1. The predicted octanol–water partition coefficient (Wildman–Crippen LogP) is 4.61. The van der Waals surface area contributed by atoms with Crippen molar-refractivity contribution in [2.24, 2.45) is 0 Å². The second-order valence-electron chi connectivity index (χ2n) is 6.37. The Balaban J connectivity index is 1.84. The molecule has 0 spiro atoms. The van der Waals surface area contributed by atoms with Gasteiger partial charge in [0.15, 0.2) is 11.5 Å². The first-order chi connectivity index (χ1) is 14.5. The van der Waals surface area contributed by atoms with E-state index in [1.807, 2.05) is 6.92 Å². The molecule has 0 radical (unpaired) electrons. The van der Waals surface area contributed by atoms with Crippen molar-refractivity contribution >= 4 is 28.5 Å². The molecule has 30 heavy (non-hydrogen) atoms. The Morgan fingerprint density at radius 2 is 1.90 bits per heavy atom. The molecule has 0 fully saturated rings. The lowest BCUT2D eigenvalue weighted by atomic mass is 10.1. The molecular weight excluding hydrogens is 412 g/mol. The summed E-state index contributed by atoms with van der Waals surface area (Å²) in [7, 11) is 2.98. The summed E-state index contributed by atoms with van der Waals surface area (Å²) in [5.74, 6) is 0.637. The Morgan fingerprint density at radius 3 is 2.60 bits per heavy atom. The van der Waals surface area contributed by atoms with E-state index in [0.717, 1.165) is 6.42 Å². The molecule has 0 N–H and O–H groups in total. The lowest BCUT2D eigenvalue weighted by Gasteiger charge is -2.14. The van der Waals surface area contributed by atoms with Crippen LogP contribution in [0.1, 0.15) is 29.3 Å². The zero-order valence-corrected chi connectivity index (χ0v) is 17.6. The van der Waals surface area contributed by atoms with Gasteiger partial charge in [0.2, 0.25) is 0 Å². The maximum Gasteiger partial charge on any atom is 0.338 e. The first-order valence-corrected chi connectivity index (χ1v) is 9.62. The van der Waals surface area contributed by atoms with Gasteiger partial charge >= 0.3 is 11.6 Å². The van der Waals surface area contributed by atoms with Gasteiger partial charge in [-0.25, -0.2) is 9.59 Å². The van der Waals surface area contributed by atoms with Crippen molar-refractivity contribution in [2.45, 2.75) is 20.0 Å². The molecule has 2 aromatic carbocycles. The minimum Gasteiger partial charge on any atom is -0.497 e. The summed E-state index contributed by atoms with van der Waals surface area (Å²) in [4.78, 5) is 24.5. The largest absolute Gasteiger partial charge is 0.497 e. The van der Waals surface area contributed by atoms with Crippen LogP contribution in [0.25, 0.3) is 11.0 Å². The van der Waals surface area contributed by atoms with Crippen LogP contribution < -0.4 is 19.8 Å². The van der Waals surface area contributed by atoms with Gasteiger partial charge in [0.25, 0.3) is 0 Å². The highest BCUT2D eigenvalue weighted by Crippen LogP contribution is 2.36. The third-order valence-electron chi connectivity index (χ3n) is 4.31. The van der Waals surface area contributed by atoms with Gasteiger partial charge in [0.05, 0.1) is 31.4 Å². The van der Waals surface area contributed by atoms with Crippen LogP contribution in [-0.4, -0.2) is 26.8 Å². The fraction of sp³-hybridized carbons (Fsp3) is 0.273. The number of carbonyl (C=O) groups is 1. The van der Waals surface area contributed by atoms with Crippen LogP contribution in [-0.2, 0) is 11.3 Å².